The minimum Gasteiger partial charge on any atom is -0.378 e. The van der Waals surface area contributed by atoms with Gasteiger partial charge >= 0.3 is 0 Å². The Morgan fingerprint density at radius 2 is 1.73 bits per heavy atom. The lowest BCUT2D eigenvalue weighted by Crippen LogP contribution is -2.30. The minimum absolute atomic E-state index is 0.0233. The van der Waals surface area contributed by atoms with Crippen molar-refractivity contribution in [2.45, 2.75) is 31.7 Å². The summed E-state index contributed by atoms with van der Waals surface area (Å²) in [6, 6.07) is 17.9. The van der Waals surface area contributed by atoms with E-state index in [2.05, 4.69) is 17.4 Å². The summed E-state index contributed by atoms with van der Waals surface area (Å²) in [5.74, 6) is 0.424. The normalized spacial score (nSPS) is 19.7. The molecule has 114 valence electrons. The number of halogens is 1. The zero-order valence-corrected chi connectivity index (χ0v) is 13.2. The van der Waals surface area contributed by atoms with E-state index in [1.807, 2.05) is 42.5 Å². The summed E-state index contributed by atoms with van der Waals surface area (Å²) in [5.41, 5.74) is 2.16. The minimum atomic E-state index is 0.0233. The summed E-state index contributed by atoms with van der Waals surface area (Å²) >= 11 is 5.96. The van der Waals surface area contributed by atoms with E-state index in [1.54, 1.807) is 0 Å². The highest BCUT2D eigenvalue weighted by molar-refractivity contribution is 6.30. The third-order valence-electron chi connectivity index (χ3n) is 4.33. The van der Waals surface area contributed by atoms with E-state index in [9.17, 15) is 4.79 Å². The lowest BCUT2D eigenvalue weighted by molar-refractivity contribution is -0.125. The Morgan fingerprint density at radius 3 is 2.41 bits per heavy atom. The van der Waals surface area contributed by atoms with Crippen molar-refractivity contribution in [1.29, 1.82) is 0 Å². The second kappa shape index (κ2) is 6.97. The molecule has 2 nitrogen and oxygen atoms in total. The Kier molecular flexibility index (Phi) is 4.79. The van der Waals surface area contributed by atoms with Crippen LogP contribution in [0.2, 0.25) is 5.02 Å². The van der Waals surface area contributed by atoms with Gasteiger partial charge in [0, 0.05) is 23.0 Å². The molecule has 0 bridgehead atoms. The van der Waals surface area contributed by atoms with Crippen LogP contribution in [0.4, 0.5) is 5.69 Å². The smallest absolute Gasteiger partial charge is 0.138 e. The van der Waals surface area contributed by atoms with Crippen LogP contribution in [0.3, 0.4) is 0 Å². The van der Waals surface area contributed by atoms with E-state index >= 15 is 0 Å². The molecule has 3 rings (SSSR count). The Morgan fingerprint density at radius 1 is 1.00 bits per heavy atom. The lowest BCUT2D eigenvalue weighted by atomic mass is 9.80. The Balaban J connectivity index is 1.88. The first-order valence-electron chi connectivity index (χ1n) is 7.84. The van der Waals surface area contributed by atoms with E-state index < -0.39 is 0 Å². The maximum absolute atomic E-state index is 12.4. The van der Waals surface area contributed by atoms with Gasteiger partial charge in [0.2, 0.25) is 0 Å². The highest BCUT2D eigenvalue weighted by Gasteiger charge is 2.31. The van der Waals surface area contributed by atoms with Crippen LogP contribution in [-0.4, -0.2) is 5.78 Å². The fraction of sp³-hybridized carbons (Fsp3) is 0.316. The van der Waals surface area contributed by atoms with Crippen molar-refractivity contribution in [3.63, 3.8) is 0 Å². The van der Waals surface area contributed by atoms with Gasteiger partial charge in [0.1, 0.15) is 5.78 Å². The van der Waals surface area contributed by atoms with Gasteiger partial charge in [-0.25, -0.2) is 0 Å². The monoisotopic (exact) mass is 313 g/mol. The number of ketones is 1. The van der Waals surface area contributed by atoms with Crippen molar-refractivity contribution in [2.24, 2.45) is 5.92 Å². The first-order valence-corrected chi connectivity index (χ1v) is 8.21. The summed E-state index contributed by atoms with van der Waals surface area (Å²) in [6.07, 6.45) is 3.81. The van der Waals surface area contributed by atoms with Gasteiger partial charge in [0.05, 0.1) is 6.04 Å². The number of nitrogens with one attached hydrogen (secondary N) is 1. The van der Waals surface area contributed by atoms with E-state index in [0.717, 1.165) is 35.5 Å². The molecule has 1 saturated carbocycles. The maximum Gasteiger partial charge on any atom is 0.138 e. The van der Waals surface area contributed by atoms with E-state index in [0.29, 0.717) is 12.2 Å². The van der Waals surface area contributed by atoms with Crippen LogP contribution in [0.15, 0.2) is 54.6 Å². The third kappa shape index (κ3) is 3.50. The molecule has 2 aromatic carbocycles. The number of anilines is 1. The molecule has 0 spiro atoms. The molecular formula is C19H20ClNO. The molecule has 2 aromatic rings. The van der Waals surface area contributed by atoms with Crippen LogP contribution in [0.25, 0.3) is 0 Å². The number of carbonyl (C=O) groups is 1. The number of hydrogen-bond donors (Lipinski definition) is 1. The molecule has 22 heavy (non-hydrogen) atoms. The number of rotatable bonds is 4. The predicted octanol–water partition coefficient (Wildman–Crippen LogP) is 5.25. The van der Waals surface area contributed by atoms with Crippen molar-refractivity contribution in [1.82, 2.24) is 0 Å². The van der Waals surface area contributed by atoms with Gasteiger partial charge in [0.15, 0.2) is 0 Å². The Labute approximate surface area is 136 Å². The molecule has 0 aromatic heterocycles. The molecule has 0 heterocycles. The van der Waals surface area contributed by atoms with E-state index in [4.69, 9.17) is 11.6 Å². The zero-order chi connectivity index (χ0) is 15.4. The molecule has 0 aliphatic heterocycles. The molecular weight excluding hydrogens is 294 g/mol. The first kappa shape index (κ1) is 15.1. The number of benzene rings is 2. The van der Waals surface area contributed by atoms with Crippen molar-refractivity contribution >= 4 is 23.1 Å². The molecule has 0 amide bonds. The molecule has 1 fully saturated rings. The Hall–Kier alpha value is -1.80. The number of carbonyl (C=O) groups excluding carboxylic acids is 1. The first-order chi connectivity index (χ1) is 10.7. The average Bonchev–Trinajstić information content (AvgIpc) is 2.56. The van der Waals surface area contributed by atoms with Gasteiger partial charge in [-0.3, -0.25) is 4.79 Å². The van der Waals surface area contributed by atoms with Crippen LogP contribution < -0.4 is 5.32 Å². The quantitative estimate of drug-likeness (QED) is 0.835. The molecule has 0 radical (unpaired) electrons. The van der Waals surface area contributed by atoms with Crippen molar-refractivity contribution in [3.8, 4) is 0 Å². The SMILES string of the molecule is O=C1CCCCC1[C@@H](Nc1ccc(Cl)cc1)c1ccccc1. The molecule has 1 unspecified atom stereocenters. The van der Waals surface area contributed by atoms with Gasteiger partial charge in [-0.05, 0) is 42.7 Å². The van der Waals surface area contributed by atoms with Gasteiger partial charge in [-0.1, -0.05) is 48.4 Å². The van der Waals surface area contributed by atoms with Gasteiger partial charge in [-0.2, -0.15) is 0 Å². The maximum atomic E-state index is 12.4. The van der Waals surface area contributed by atoms with Crippen molar-refractivity contribution < 1.29 is 4.79 Å². The van der Waals surface area contributed by atoms with E-state index in [-0.39, 0.29) is 12.0 Å². The molecule has 1 aliphatic carbocycles. The predicted molar refractivity (Wildman–Crippen MR) is 91.2 cm³/mol. The van der Waals surface area contributed by atoms with Crippen LogP contribution >= 0.6 is 11.6 Å². The number of Topliss-reactive ketones (excluding diaryl/α,β-unsaturated/α-hetero) is 1. The van der Waals surface area contributed by atoms with Crippen LogP contribution in [0.1, 0.15) is 37.3 Å². The second-order valence-electron chi connectivity index (χ2n) is 5.86. The average molecular weight is 314 g/mol. The second-order valence-corrected chi connectivity index (χ2v) is 6.29. The van der Waals surface area contributed by atoms with Gasteiger partial charge in [0.25, 0.3) is 0 Å². The highest BCUT2D eigenvalue weighted by Crippen LogP contribution is 2.35. The topological polar surface area (TPSA) is 29.1 Å². The largest absolute Gasteiger partial charge is 0.378 e. The third-order valence-corrected chi connectivity index (χ3v) is 4.58. The summed E-state index contributed by atoms with van der Waals surface area (Å²) < 4.78 is 0. The van der Waals surface area contributed by atoms with Crippen LogP contribution in [0, 0.1) is 5.92 Å². The summed E-state index contributed by atoms with van der Waals surface area (Å²) in [4.78, 5) is 12.4. The summed E-state index contributed by atoms with van der Waals surface area (Å²) in [7, 11) is 0. The molecule has 0 saturated heterocycles. The van der Waals surface area contributed by atoms with Gasteiger partial charge < -0.3 is 5.32 Å². The highest BCUT2D eigenvalue weighted by atomic mass is 35.5. The molecule has 2 atom stereocenters. The standard InChI is InChI=1S/C19H20ClNO/c20-15-10-12-16(13-11-15)21-19(14-6-2-1-3-7-14)17-8-4-5-9-18(17)22/h1-3,6-7,10-13,17,19,21H,4-5,8-9H2/t17?,19-/m0/s1. The van der Waals surface area contributed by atoms with Crippen molar-refractivity contribution in [3.05, 3.63) is 65.2 Å². The van der Waals surface area contributed by atoms with E-state index in [1.165, 1.54) is 0 Å². The fourth-order valence-electron chi connectivity index (χ4n) is 3.16. The zero-order valence-electron chi connectivity index (χ0n) is 12.5. The van der Waals surface area contributed by atoms with Crippen LogP contribution in [-0.2, 0) is 4.79 Å². The lowest BCUT2D eigenvalue weighted by Gasteiger charge is -2.31. The Bertz CT molecular complexity index is 624. The molecule has 1 N–H and O–H groups in total. The van der Waals surface area contributed by atoms with Crippen LogP contribution in [0.5, 0.6) is 0 Å². The van der Waals surface area contributed by atoms with Gasteiger partial charge in [-0.15, -0.1) is 0 Å². The van der Waals surface area contributed by atoms with Crippen molar-refractivity contribution in [2.75, 3.05) is 5.32 Å². The fourth-order valence-corrected chi connectivity index (χ4v) is 3.29. The molecule has 1 aliphatic rings. The number of hydrogen-bond acceptors (Lipinski definition) is 2. The summed E-state index contributed by atoms with van der Waals surface area (Å²) in [5, 5.41) is 4.26. The molecule has 3 heteroatoms. The summed E-state index contributed by atoms with van der Waals surface area (Å²) in [6.45, 7) is 0.